The first-order valence-corrected chi connectivity index (χ1v) is 7.95. The van der Waals surface area contributed by atoms with Gasteiger partial charge in [0.25, 0.3) is 0 Å². The molecule has 2 nitrogen and oxygen atoms in total. The molecule has 0 heterocycles. The van der Waals surface area contributed by atoms with Crippen molar-refractivity contribution in [2.24, 2.45) is 0 Å². The van der Waals surface area contributed by atoms with Gasteiger partial charge in [0.1, 0.15) is 0 Å². The van der Waals surface area contributed by atoms with Crippen LogP contribution in [0.1, 0.15) is 71.1 Å². The molecule has 0 radical (unpaired) electrons. The van der Waals surface area contributed by atoms with Crippen LogP contribution in [0, 0.1) is 0 Å². The van der Waals surface area contributed by atoms with Gasteiger partial charge in [-0.1, -0.05) is 62.6 Å². The monoisotopic (exact) mass is 278 g/mol. The average molecular weight is 278 g/mol. The van der Waals surface area contributed by atoms with Gasteiger partial charge in [-0.3, -0.25) is 4.79 Å². The summed E-state index contributed by atoms with van der Waals surface area (Å²) in [4.78, 5) is 10.3. The number of hydrogen-bond acceptors (Lipinski definition) is 1. The van der Waals surface area contributed by atoms with Crippen molar-refractivity contribution in [1.82, 2.24) is 0 Å². The molecule has 0 aliphatic heterocycles. The van der Waals surface area contributed by atoms with Gasteiger partial charge < -0.3 is 5.11 Å². The van der Waals surface area contributed by atoms with E-state index in [-0.39, 0.29) is 0 Å². The van der Waals surface area contributed by atoms with Crippen molar-refractivity contribution < 1.29 is 9.90 Å². The first-order chi connectivity index (χ1) is 9.77. The fraction of sp³-hybridized carbons (Fsp3) is 0.611. The van der Waals surface area contributed by atoms with Gasteiger partial charge in [0, 0.05) is 6.42 Å². The number of carboxylic acids is 1. The lowest BCUT2D eigenvalue weighted by atomic mass is 10.1. The van der Waals surface area contributed by atoms with Crippen LogP contribution >= 0.6 is 0 Å². The Morgan fingerprint density at radius 3 is 2.10 bits per heavy atom. The van der Waals surface area contributed by atoms with Crippen molar-refractivity contribution in [3.8, 4) is 0 Å². The quantitative estimate of drug-likeness (QED) is 0.268. The van der Waals surface area contributed by atoms with Gasteiger partial charge >= 0.3 is 5.97 Å². The minimum absolute atomic E-state index is 0.318. The highest BCUT2D eigenvalue weighted by Crippen LogP contribution is 2.07. The Morgan fingerprint density at radius 1 is 0.800 bits per heavy atom. The normalized spacial score (nSPS) is 12.1. The molecule has 2 heteroatoms. The SMILES string of the molecule is CCC=CCCC=C/C=C/CCCCCCCC(=O)O. The Labute approximate surface area is 124 Å². The molecule has 1 N–H and O–H groups in total. The third kappa shape index (κ3) is 16.7. The Kier molecular flexibility index (Phi) is 14.7. The zero-order valence-electron chi connectivity index (χ0n) is 12.9. The average Bonchev–Trinajstić information content (AvgIpc) is 2.43. The Hall–Kier alpha value is -1.31. The zero-order valence-corrected chi connectivity index (χ0v) is 12.9. The highest BCUT2D eigenvalue weighted by molar-refractivity contribution is 5.66. The number of rotatable bonds is 13. The van der Waals surface area contributed by atoms with Gasteiger partial charge in [-0.2, -0.15) is 0 Å². The topological polar surface area (TPSA) is 37.3 Å². The van der Waals surface area contributed by atoms with Crippen LogP contribution in [0.3, 0.4) is 0 Å². The minimum Gasteiger partial charge on any atom is -0.481 e. The van der Waals surface area contributed by atoms with Crippen LogP contribution in [-0.2, 0) is 4.79 Å². The highest BCUT2D eigenvalue weighted by atomic mass is 16.4. The van der Waals surface area contributed by atoms with Gasteiger partial charge in [-0.25, -0.2) is 0 Å². The van der Waals surface area contributed by atoms with Gasteiger partial charge in [0.05, 0.1) is 0 Å². The van der Waals surface area contributed by atoms with Crippen LogP contribution in [0.25, 0.3) is 0 Å². The predicted molar refractivity (Wildman–Crippen MR) is 86.9 cm³/mol. The largest absolute Gasteiger partial charge is 0.481 e. The van der Waals surface area contributed by atoms with Crippen LogP contribution in [0.4, 0.5) is 0 Å². The van der Waals surface area contributed by atoms with Crippen LogP contribution in [0.15, 0.2) is 36.5 Å². The van der Waals surface area contributed by atoms with Crippen molar-refractivity contribution >= 4 is 5.97 Å². The van der Waals surface area contributed by atoms with Crippen molar-refractivity contribution in [2.45, 2.75) is 71.1 Å². The smallest absolute Gasteiger partial charge is 0.303 e. The number of aliphatic carboxylic acids is 1. The molecule has 0 aromatic rings. The number of hydrogen-bond donors (Lipinski definition) is 1. The maximum Gasteiger partial charge on any atom is 0.303 e. The standard InChI is InChI=1S/C18H30O2/c1-2-3-4-5-6-7-8-9-10-11-12-13-14-15-16-17-18(19)20/h3-4,7-10H,2,5-6,11-17H2,1H3,(H,19,20)/b4-3?,8-7?,10-9+. The Morgan fingerprint density at radius 2 is 1.40 bits per heavy atom. The summed E-state index contributed by atoms with van der Waals surface area (Å²) in [5, 5.41) is 8.50. The maximum atomic E-state index is 10.3. The van der Waals surface area contributed by atoms with Crippen molar-refractivity contribution in [3.63, 3.8) is 0 Å². The van der Waals surface area contributed by atoms with Gasteiger partial charge in [0.15, 0.2) is 0 Å². The summed E-state index contributed by atoms with van der Waals surface area (Å²) in [6.07, 6.45) is 23.4. The van der Waals surface area contributed by atoms with Crippen LogP contribution in [0.5, 0.6) is 0 Å². The van der Waals surface area contributed by atoms with E-state index in [2.05, 4.69) is 43.4 Å². The molecule has 0 saturated carbocycles. The van der Waals surface area contributed by atoms with E-state index in [1.54, 1.807) is 0 Å². The molecular weight excluding hydrogens is 248 g/mol. The van der Waals surface area contributed by atoms with E-state index in [4.69, 9.17) is 5.11 Å². The summed E-state index contributed by atoms with van der Waals surface area (Å²) in [5.41, 5.74) is 0. The number of carbonyl (C=O) groups is 1. The van der Waals surface area contributed by atoms with Crippen molar-refractivity contribution in [1.29, 1.82) is 0 Å². The molecule has 0 rings (SSSR count). The van der Waals surface area contributed by atoms with Crippen LogP contribution in [0.2, 0.25) is 0 Å². The number of allylic oxidation sites excluding steroid dienone is 6. The molecule has 0 unspecified atom stereocenters. The molecule has 0 aromatic heterocycles. The molecule has 0 aliphatic carbocycles. The van der Waals surface area contributed by atoms with Crippen molar-refractivity contribution in [2.75, 3.05) is 0 Å². The molecule has 0 amide bonds. The summed E-state index contributed by atoms with van der Waals surface area (Å²) in [6.45, 7) is 2.15. The Bertz CT molecular complexity index is 301. The third-order valence-electron chi connectivity index (χ3n) is 3.05. The van der Waals surface area contributed by atoms with E-state index in [9.17, 15) is 4.79 Å². The predicted octanol–water partition coefficient (Wildman–Crippen LogP) is 5.66. The lowest BCUT2D eigenvalue weighted by molar-refractivity contribution is -0.137. The molecule has 20 heavy (non-hydrogen) atoms. The second-order valence-corrected chi connectivity index (χ2v) is 5.01. The highest BCUT2D eigenvalue weighted by Gasteiger charge is 1.95. The molecule has 0 aromatic carbocycles. The molecule has 114 valence electrons. The maximum absolute atomic E-state index is 10.3. The lowest BCUT2D eigenvalue weighted by Crippen LogP contribution is -1.93. The summed E-state index contributed by atoms with van der Waals surface area (Å²) >= 11 is 0. The summed E-state index contributed by atoms with van der Waals surface area (Å²) in [5.74, 6) is -0.676. The summed E-state index contributed by atoms with van der Waals surface area (Å²) < 4.78 is 0. The number of unbranched alkanes of at least 4 members (excludes halogenated alkanes) is 6. The molecular formula is C18H30O2. The summed E-state index contributed by atoms with van der Waals surface area (Å²) in [7, 11) is 0. The van der Waals surface area contributed by atoms with Crippen LogP contribution in [-0.4, -0.2) is 11.1 Å². The third-order valence-corrected chi connectivity index (χ3v) is 3.05. The van der Waals surface area contributed by atoms with E-state index in [1.165, 1.54) is 12.8 Å². The second-order valence-electron chi connectivity index (χ2n) is 5.01. The molecule has 0 saturated heterocycles. The minimum atomic E-state index is -0.676. The van der Waals surface area contributed by atoms with E-state index < -0.39 is 5.97 Å². The lowest BCUT2D eigenvalue weighted by Gasteiger charge is -1.97. The van der Waals surface area contributed by atoms with E-state index in [1.807, 2.05) is 0 Å². The van der Waals surface area contributed by atoms with Gasteiger partial charge in [0.2, 0.25) is 0 Å². The summed E-state index contributed by atoms with van der Waals surface area (Å²) in [6, 6.07) is 0. The van der Waals surface area contributed by atoms with Gasteiger partial charge in [-0.05, 0) is 38.5 Å². The molecule has 0 fully saturated rings. The molecule has 0 aliphatic rings. The number of carboxylic acid groups (broad SMARTS) is 1. The zero-order chi connectivity index (χ0) is 14.9. The van der Waals surface area contributed by atoms with Crippen LogP contribution < -0.4 is 0 Å². The second kappa shape index (κ2) is 15.7. The molecule has 0 bridgehead atoms. The first kappa shape index (κ1) is 18.7. The van der Waals surface area contributed by atoms with Gasteiger partial charge in [-0.15, -0.1) is 0 Å². The van der Waals surface area contributed by atoms with Crippen molar-refractivity contribution in [3.05, 3.63) is 36.5 Å². The fourth-order valence-corrected chi connectivity index (χ4v) is 1.90. The molecule has 0 atom stereocenters. The first-order valence-electron chi connectivity index (χ1n) is 7.95. The van der Waals surface area contributed by atoms with E-state index in [0.29, 0.717) is 6.42 Å². The fourth-order valence-electron chi connectivity index (χ4n) is 1.90. The molecule has 0 spiro atoms. The van der Waals surface area contributed by atoms with E-state index >= 15 is 0 Å². The van der Waals surface area contributed by atoms with E-state index in [0.717, 1.165) is 44.9 Å². The Balaban J connectivity index is 3.25.